The maximum absolute atomic E-state index is 10.6. The predicted octanol–water partition coefficient (Wildman–Crippen LogP) is 1.10. The van der Waals surface area contributed by atoms with Crippen LogP contribution in [0.5, 0.6) is 0 Å². The van der Waals surface area contributed by atoms with Gasteiger partial charge in [0.1, 0.15) is 11.6 Å². The van der Waals surface area contributed by atoms with Crippen molar-refractivity contribution in [2.75, 3.05) is 10.7 Å². The first kappa shape index (κ1) is 11.2. The molecule has 0 amide bonds. The molecule has 0 aromatic carbocycles. The second-order valence-corrected chi connectivity index (χ2v) is 3.30. The quantitative estimate of drug-likeness (QED) is 0.391. The molecule has 0 bridgehead atoms. The van der Waals surface area contributed by atoms with Crippen LogP contribution in [0.15, 0.2) is 12.1 Å². The van der Waals surface area contributed by atoms with Crippen molar-refractivity contribution in [1.29, 1.82) is 0 Å². The van der Waals surface area contributed by atoms with Crippen LogP contribution in [0.25, 0.3) is 0 Å². The third-order valence-corrected chi connectivity index (χ3v) is 1.61. The van der Waals surface area contributed by atoms with E-state index in [1.54, 1.807) is 0 Å². The first-order chi connectivity index (χ1) is 7.02. The number of nitrogens with zero attached hydrogens (tertiary/aromatic N) is 2. The molecular formula is C8H13N5O2. The first-order valence-electron chi connectivity index (χ1n) is 4.42. The molecule has 0 aliphatic heterocycles. The van der Waals surface area contributed by atoms with Gasteiger partial charge in [-0.25, -0.2) is 10.8 Å². The van der Waals surface area contributed by atoms with Crippen LogP contribution in [0.1, 0.15) is 13.8 Å². The fourth-order valence-electron chi connectivity index (χ4n) is 1.07. The molecule has 1 heterocycles. The summed E-state index contributed by atoms with van der Waals surface area (Å²) in [6.07, 6.45) is 0. The van der Waals surface area contributed by atoms with Gasteiger partial charge in [-0.3, -0.25) is 10.1 Å². The van der Waals surface area contributed by atoms with Crippen molar-refractivity contribution in [2.45, 2.75) is 19.9 Å². The lowest BCUT2D eigenvalue weighted by molar-refractivity contribution is -0.384. The van der Waals surface area contributed by atoms with E-state index in [9.17, 15) is 10.1 Å². The Bertz CT molecular complexity index is 366. The number of pyridine rings is 1. The second-order valence-electron chi connectivity index (χ2n) is 3.30. The summed E-state index contributed by atoms with van der Waals surface area (Å²) < 4.78 is 0. The summed E-state index contributed by atoms with van der Waals surface area (Å²) in [4.78, 5) is 14.1. The standard InChI is InChI=1S/C8H13N5O2/c1-5(2)10-7-3-6(13(14)15)4-8(11-7)12-9/h3-5H,9H2,1-2H3,(H2,10,11,12). The van der Waals surface area contributed by atoms with Crippen molar-refractivity contribution in [3.8, 4) is 0 Å². The molecule has 15 heavy (non-hydrogen) atoms. The van der Waals surface area contributed by atoms with Gasteiger partial charge in [0, 0.05) is 6.04 Å². The van der Waals surface area contributed by atoms with Crippen molar-refractivity contribution in [3.63, 3.8) is 0 Å². The molecule has 0 unspecified atom stereocenters. The van der Waals surface area contributed by atoms with Gasteiger partial charge in [-0.05, 0) is 13.8 Å². The zero-order valence-electron chi connectivity index (χ0n) is 8.52. The van der Waals surface area contributed by atoms with E-state index >= 15 is 0 Å². The molecule has 7 nitrogen and oxygen atoms in total. The SMILES string of the molecule is CC(C)Nc1cc([N+](=O)[O-])cc(NN)n1. The van der Waals surface area contributed by atoms with Crippen molar-refractivity contribution < 1.29 is 4.92 Å². The molecule has 0 atom stereocenters. The maximum Gasteiger partial charge on any atom is 0.276 e. The first-order valence-corrected chi connectivity index (χ1v) is 4.42. The Morgan fingerprint density at radius 2 is 2.07 bits per heavy atom. The number of hydrogen-bond donors (Lipinski definition) is 3. The molecular weight excluding hydrogens is 198 g/mol. The van der Waals surface area contributed by atoms with E-state index < -0.39 is 4.92 Å². The molecule has 1 rings (SSSR count). The maximum atomic E-state index is 10.6. The molecule has 0 aliphatic carbocycles. The smallest absolute Gasteiger partial charge is 0.276 e. The summed E-state index contributed by atoms with van der Waals surface area (Å²) in [6, 6.07) is 2.77. The Hall–Kier alpha value is -1.89. The van der Waals surface area contributed by atoms with Crippen LogP contribution in [0.3, 0.4) is 0 Å². The minimum atomic E-state index is -0.492. The highest BCUT2D eigenvalue weighted by molar-refractivity contribution is 5.54. The number of aromatic nitrogens is 1. The highest BCUT2D eigenvalue weighted by Gasteiger charge is 2.10. The Morgan fingerprint density at radius 3 is 2.53 bits per heavy atom. The number of nitrogen functional groups attached to an aromatic ring is 1. The Labute approximate surface area is 86.8 Å². The van der Waals surface area contributed by atoms with Crippen molar-refractivity contribution in [1.82, 2.24) is 4.98 Å². The van der Waals surface area contributed by atoms with Crippen molar-refractivity contribution in [3.05, 3.63) is 22.2 Å². The summed E-state index contributed by atoms with van der Waals surface area (Å²) in [7, 11) is 0. The van der Waals surface area contributed by atoms with Crippen LogP contribution in [0.2, 0.25) is 0 Å². The fourth-order valence-corrected chi connectivity index (χ4v) is 1.07. The van der Waals surface area contributed by atoms with E-state index in [1.165, 1.54) is 12.1 Å². The van der Waals surface area contributed by atoms with E-state index in [2.05, 4.69) is 15.7 Å². The summed E-state index contributed by atoms with van der Waals surface area (Å²) in [6.45, 7) is 3.83. The number of nitrogens with two attached hydrogens (primary N) is 1. The van der Waals surface area contributed by atoms with Crippen LogP contribution in [0, 0.1) is 10.1 Å². The van der Waals surface area contributed by atoms with Crippen molar-refractivity contribution in [2.24, 2.45) is 5.84 Å². The normalized spacial score (nSPS) is 10.1. The lowest BCUT2D eigenvalue weighted by atomic mass is 10.3. The molecule has 0 aliphatic rings. The van der Waals surface area contributed by atoms with Crippen LogP contribution in [-0.2, 0) is 0 Å². The topological polar surface area (TPSA) is 106 Å². The lowest BCUT2D eigenvalue weighted by Gasteiger charge is -2.09. The minimum Gasteiger partial charge on any atom is -0.368 e. The molecule has 0 saturated carbocycles. The minimum absolute atomic E-state index is 0.0545. The molecule has 0 saturated heterocycles. The molecule has 7 heteroatoms. The van der Waals surface area contributed by atoms with Gasteiger partial charge >= 0.3 is 0 Å². The summed E-state index contributed by atoms with van der Waals surface area (Å²) >= 11 is 0. The molecule has 1 aromatic heterocycles. The third kappa shape index (κ3) is 3.06. The molecule has 82 valence electrons. The zero-order valence-corrected chi connectivity index (χ0v) is 8.52. The molecule has 0 spiro atoms. The van der Waals surface area contributed by atoms with E-state index in [1.807, 2.05) is 13.8 Å². The van der Waals surface area contributed by atoms with Gasteiger partial charge in [0.2, 0.25) is 0 Å². The Balaban J connectivity index is 3.05. The number of hydrogen-bond acceptors (Lipinski definition) is 6. The number of nitrogens with one attached hydrogen (secondary N) is 2. The largest absolute Gasteiger partial charge is 0.368 e. The highest BCUT2D eigenvalue weighted by atomic mass is 16.6. The van der Waals surface area contributed by atoms with Crippen LogP contribution in [-0.4, -0.2) is 15.9 Å². The molecule has 0 radical (unpaired) electrons. The molecule has 4 N–H and O–H groups in total. The number of anilines is 2. The average Bonchev–Trinajstić information content (AvgIpc) is 2.16. The van der Waals surface area contributed by atoms with Crippen LogP contribution in [0.4, 0.5) is 17.3 Å². The Kier molecular flexibility index (Phi) is 3.40. The number of rotatable bonds is 4. The van der Waals surface area contributed by atoms with Gasteiger partial charge in [-0.15, -0.1) is 0 Å². The highest BCUT2D eigenvalue weighted by Crippen LogP contribution is 2.20. The molecule has 0 fully saturated rings. The zero-order chi connectivity index (χ0) is 11.4. The van der Waals surface area contributed by atoms with Gasteiger partial charge < -0.3 is 10.7 Å². The monoisotopic (exact) mass is 211 g/mol. The van der Waals surface area contributed by atoms with Gasteiger partial charge in [-0.2, -0.15) is 0 Å². The molecule has 1 aromatic rings. The van der Waals surface area contributed by atoms with Gasteiger partial charge in [0.25, 0.3) is 5.69 Å². The van der Waals surface area contributed by atoms with Crippen LogP contribution >= 0.6 is 0 Å². The Morgan fingerprint density at radius 1 is 1.47 bits per heavy atom. The van der Waals surface area contributed by atoms with E-state index in [0.29, 0.717) is 5.82 Å². The predicted molar refractivity (Wildman–Crippen MR) is 57.5 cm³/mol. The van der Waals surface area contributed by atoms with Gasteiger partial charge in [0.15, 0.2) is 0 Å². The van der Waals surface area contributed by atoms with E-state index in [0.717, 1.165) is 0 Å². The fraction of sp³-hybridized carbons (Fsp3) is 0.375. The third-order valence-electron chi connectivity index (χ3n) is 1.61. The second kappa shape index (κ2) is 4.56. The summed E-state index contributed by atoms with van der Waals surface area (Å²) in [5, 5.41) is 13.6. The van der Waals surface area contributed by atoms with E-state index in [-0.39, 0.29) is 17.5 Å². The average molecular weight is 211 g/mol. The van der Waals surface area contributed by atoms with Gasteiger partial charge in [-0.1, -0.05) is 0 Å². The van der Waals surface area contributed by atoms with Crippen LogP contribution < -0.4 is 16.6 Å². The number of hydrazine groups is 1. The summed E-state index contributed by atoms with van der Waals surface area (Å²) in [5.74, 6) is 5.84. The van der Waals surface area contributed by atoms with E-state index in [4.69, 9.17) is 5.84 Å². The lowest BCUT2D eigenvalue weighted by Crippen LogP contribution is -2.14. The summed E-state index contributed by atoms with van der Waals surface area (Å²) in [5.41, 5.74) is 2.23. The number of nitro groups is 1. The van der Waals surface area contributed by atoms with Crippen molar-refractivity contribution >= 4 is 17.3 Å². The van der Waals surface area contributed by atoms with Gasteiger partial charge in [0.05, 0.1) is 17.1 Å².